The molecule has 2 aliphatic heterocycles. The fourth-order valence-electron chi connectivity index (χ4n) is 4.13. The number of fused-ring (bicyclic) bond motifs is 2. The first-order valence-electron chi connectivity index (χ1n) is 7.77. The first-order chi connectivity index (χ1) is 10.0. The standard InChI is InChI=1S/C17H24FNO2/c1-19-14-4-3-5-15(19)11-17(20,10-14)9-12-8-13(18)6-7-16(12)21-2/h6-8,14-15,20H,3-5,9-11H2,1-2H3. The number of nitrogens with zero attached hydrogens (tertiary/aromatic N) is 1. The minimum atomic E-state index is -0.747. The molecular formula is C17H24FNO2. The number of benzene rings is 1. The van der Waals surface area contributed by atoms with Crippen molar-refractivity contribution >= 4 is 0 Å². The van der Waals surface area contributed by atoms with Gasteiger partial charge in [0.15, 0.2) is 0 Å². The Morgan fingerprint density at radius 3 is 2.62 bits per heavy atom. The zero-order chi connectivity index (χ0) is 15.0. The Morgan fingerprint density at radius 1 is 1.33 bits per heavy atom. The van der Waals surface area contributed by atoms with E-state index >= 15 is 0 Å². The van der Waals surface area contributed by atoms with Crippen molar-refractivity contribution in [2.75, 3.05) is 14.2 Å². The van der Waals surface area contributed by atoms with Crippen LogP contribution in [-0.2, 0) is 6.42 Å². The van der Waals surface area contributed by atoms with E-state index in [1.165, 1.54) is 18.6 Å². The summed E-state index contributed by atoms with van der Waals surface area (Å²) in [7, 11) is 3.75. The van der Waals surface area contributed by atoms with Crippen LogP contribution in [0.15, 0.2) is 18.2 Å². The largest absolute Gasteiger partial charge is 0.496 e. The van der Waals surface area contributed by atoms with E-state index in [0.717, 1.165) is 31.2 Å². The van der Waals surface area contributed by atoms with Gasteiger partial charge >= 0.3 is 0 Å². The minimum absolute atomic E-state index is 0.275. The van der Waals surface area contributed by atoms with Crippen molar-refractivity contribution in [2.45, 2.75) is 56.2 Å². The molecule has 0 saturated carbocycles. The summed E-state index contributed by atoms with van der Waals surface area (Å²) in [6.45, 7) is 0. The highest BCUT2D eigenvalue weighted by Gasteiger charge is 2.44. The Labute approximate surface area is 125 Å². The summed E-state index contributed by atoms with van der Waals surface area (Å²) in [6, 6.07) is 5.42. The highest BCUT2D eigenvalue weighted by atomic mass is 19.1. The lowest BCUT2D eigenvalue weighted by molar-refractivity contribution is -0.0822. The molecule has 2 unspecified atom stereocenters. The van der Waals surface area contributed by atoms with Gasteiger partial charge in [0.1, 0.15) is 11.6 Å². The lowest BCUT2D eigenvalue weighted by Gasteiger charge is -2.50. The topological polar surface area (TPSA) is 32.7 Å². The van der Waals surface area contributed by atoms with Gasteiger partial charge in [0.2, 0.25) is 0 Å². The second kappa shape index (κ2) is 5.58. The number of ether oxygens (including phenoxy) is 1. The summed E-state index contributed by atoms with van der Waals surface area (Å²) in [6.07, 6.45) is 5.54. The van der Waals surface area contributed by atoms with Crippen LogP contribution in [-0.4, -0.2) is 41.8 Å². The van der Waals surface area contributed by atoms with Gasteiger partial charge in [-0.2, -0.15) is 0 Å². The average molecular weight is 293 g/mol. The van der Waals surface area contributed by atoms with Crippen molar-refractivity contribution in [3.63, 3.8) is 0 Å². The number of aliphatic hydroxyl groups is 1. The SMILES string of the molecule is COc1ccc(F)cc1CC1(O)CC2CCCC(C1)N2C. The summed E-state index contributed by atoms with van der Waals surface area (Å²) < 4.78 is 18.8. The fourth-order valence-corrected chi connectivity index (χ4v) is 4.13. The number of hydrogen-bond acceptors (Lipinski definition) is 3. The van der Waals surface area contributed by atoms with Crippen molar-refractivity contribution < 1.29 is 14.2 Å². The summed E-state index contributed by atoms with van der Waals surface area (Å²) in [4.78, 5) is 2.42. The molecule has 2 fully saturated rings. The van der Waals surface area contributed by atoms with E-state index in [1.807, 2.05) is 0 Å². The lowest BCUT2D eigenvalue weighted by Crippen LogP contribution is -2.57. The molecular weight excluding hydrogens is 269 g/mol. The molecule has 2 atom stereocenters. The summed E-state index contributed by atoms with van der Waals surface area (Å²) >= 11 is 0. The van der Waals surface area contributed by atoms with Crippen LogP contribution in [0.25, 0.3) is 0 Å². The Morgan fingerprint density at radius 2 is 2.00 bits per heavy atom. The zero-order valence-corrected chi connectivity index (χ0v) is 12.8. The van der Waals surface area contributed by atoms with E-state index in [9.17, 15) is 9.50 Å². The van der Waals surface area contributed by atoms with Crippen LogP contribution < -0.4 is 4.74 Å². The highest BCUT2D eigenvalue weighted by Crippen LogP contribution is 2.40. The van der Waals surface area contributed by atoms with Crippen molar-refractivity contribution in [1.29, 1.82) is 0 Å². The van der Waals surface area contributed by atoms with E-state index in [-0.39, 0.29) is 5.82 Å². The summed E-state index contributed by atoms with van der Waals surface area (Å²) in [5.74, 6) is 0.386. The maximum Gasteiger partial charge on any atom is 0.123 e. The Kier molecular flexibility index (Phi) is 3.93. The quantitative estimate of drug-likeness (QED) is 0.930. The molecule has 4 heteroatoms. The van der Waals surface area contributed by atoms with E-state index in [2.05, 4.69) is 11.9 Å². The summed E-state index contributed by atoms with van der Waals surface area (Å²) in [5.41, 5.74) is 0.0196. The monoisotopic (exact) mass is 293 g/mol. The van der Waals surface area contributed by atoms with Gasteiger partial charge in [-0.15, -0.1) is 0 Å². The third-order valence-electron chi connectivity index (χ3n) is 5.22. The second-order valence-electron chi connectivity index (χ2n) is 6.67. The number of halogens is 1. The molecule has 2 saturated heterocycles. The molecule has 2 bridgehead atoms. The zero-order valence-electron chi connectivity index (χ0n) is 12.8. The molecule has 1 N–H and O–H groups in total. The minimum Gasteiger partial charge on any atom is -0.496 e. The Bertz CT molecular complexity index is 506. The molecule has 3 rings (SSSR count). The van der Waals surface area contributed by atoms with Gasteiger partial charge < -0.3 is 14.7 Å². The van der Waals surface area contributed by atoms with Crippen LogP contribution in [0.5, 0.6) is 5.75 Å². The maximum absolute atomic E-state index is 13.5. The Hall–Kier alpha value is -1.13. The third kappa shape index (κ3) is 2.92. The van der Waals surface area contributed by atoms with Crippen LogP contribution in [0, 0.1) is 5.82 Å². The molecule has 0 aliphatic carbocycles. The second-order valence-corrected chi connectivity index (χ2v) is 6.67. The first kappa shape index (κ1) is 14.8. The van der Waals surface area contributed by atoms with Crippen molar-refractivity contribution in [1.82, 2.24) is 4.90 Å². The van der Waals surface area contributed by atoms with Crippen LogP contribution in [0.1, 0.15) is 37.7 Å². The van der Waals surface area contributed by atoms with Gasteiger partial charge in [-0.25, -0.2) is 4.39 Å². The first-order valence-corrected chi connectivity index (χ1v) is 7.77. The molecule has 0 spiro atoms. The Balaban J connectivity index is 1.82. The van der Waals surface area contributed by atoms with E-state index in [0.29, 0.717) is 24.3 Å². The van der Waals surface area contributed by atoms with Crippen molar-refractivity contribution in [3.05, 3.63) is 29.6 Å². The molecule has 1 aromatic rings. The van der Waals surface area contributed by atoms with E-state index in [4.69, 9.17) is 4.74 Å². The highest BCUT2D eigenvalue weighted by molar-refractivity contribution is 5.35. The molecule has 1 aromatic carbocycles. The van der Waals surface area contributed by atoms with Gasteiger partial charge in [0.05, 0.1) is 12.7 Å². The van der Waals surface area contributed by atoms with E-state index in [1.54, 1.807) is 13.2 Å². The van der Waals surface area contributed by atoms with Gasteiger partial charge in [0.25, 0.3) is 0 Å². The molecule has 0 radical (unpaired) electrons. The van der Waals surface area contributed by atoms with Gasteiger partial charge in [-0.1, -0.05) is 6.42 Å². The van der Waals surface area contributed by atoms with Crippen LogP contribution in [0.3, 0.4) is 0 Å². The number of hydrogen-bond donors (Lipinski definition) is 1. The number of rotatable bonds is 3. The van der Waals surface area contributed by atoms with Gasteiger partial charge in [-0.3, -0.25) is 0 Å². The fraction of sp³-hybridized carbons (Fsp3) is 0.647. The maximum atomic E-state index is 13.5. The number of piperidine rings is 2. The van der Waals surface area contributed by atoms with Crippen molar-refractivity contribution in [2.24, 2.45) is 0 Å². The molecule has 3 nitrogen and oxygen atoms in total. The molecule has 0 aromatic heterocycles. The predicted octanol–water partition coefficient (Wildman–Crippen LogP) is 2.75. The van der Waals surface area contributed by atoms with E-state index < -0.39 is 5.60 Å². The van der Waals surface area contributed by atoms with Crippen LogP contribution >= 0.6 is 0 Å². The average Bonchev–Trinajstić information content (AvgIpc) is 2.41. The molecule has 116 valence electrons. The molecule has 21 heavy (non-hydrogen) atoms. The third-order valence-corrected chi connectivity index (χ3v) is 5.22. The smallest absolute Gasteiger partial charge is 0.123 e. The van der Waals surface area contributed by atoms with Gasteiger partial charge in [-0.05, 0) is 56.5 Å². The van der Waals surface area contributed by atoms with Crippen molar-refractivity contribution in [3.8, 4) is 5.75 Å². The predicted molar refractivity (Wildman–Crippen MR) is 80.0 cm³/mol. The molecule has 2 aliphatic rings. The van der Waals surface area contributed by atoms with Gasteiger partial charge in [0, 0.05) is 18.5 Å². The lowest BCUT2D eigenvalue weighted by atomic mass is 9.73. The molecule has 2 heterocycles. The normalized spacial score (nSPS) is 33.0. The van der Waals surface area contributed by atoms with Crippen LogP contribution in [0.4, 0.5) is 4.39 Å². The van der Waals surface area contributed by atoms with Crippen LogP contribution in [0.2, 0.25) is 0 Å². The molecule has 0 amide bonds. The number of methoxy groups -OCH3 is 1. The summed E-state index contributed by atoms with van der Waals surface area (Å²) in [5, 5.41) is 11.1.